The van der Waals surface area contributed by atoms with Crippen molar-refractivity contribution in [1.82, 2.24) is 10.2 Å². The van der Waals surface area contributed by atoms with Gasteiger partial charge in [-0.2, -0.15) is 5.26 Å². The molecule has 2 aliphatic rings. The van der Waals surface area contributed by atoms with E-state index in [1.54, 1.807) is 0 Å². The molecule has 96 valence electrons. The van der Waals surface area contributed by atoms with E-state index >= 15 is 0 Å². The lowest BCUT2D eigenvalue weighted by atomic mass is 9.98. The van der Waals surface area contributed by atoms with Crippen LogP contribution in [-0.4, -0.2) is 36.1 Å². The molecule has 2 aliphatic carbocycles. The lowest BCUT2D eigenvalue weighted by Crippen LogP contribution is -2.47. The Kier molecular flexibility index (Phi) is 3.75. The molecular weight excluding hydrogens is 210 g/mol. The lowest BCUT2D eigenvalue weighted by molar-refractivity contribution is 0.225. The predicted molar refractivity (Wildman–Crippen MR) is 69.6 cm³/mol. The molecule has 2 atom stereocenters. The first-order chi connectivity index (χ1) is 8.04. The van der Waals surface area contributed by atoms with E-state index in [2.05, 4.69) is 37.2 Å². The van der Waals surface area contributed by atoms with Crippen molar-refractivity contribution in [3.05, 3.63) is 0 Å². The quantitative estimate of drug-likeness (QED) is 0.793. The van der Waals surface area contributed by atoms with Crippen LogP contribution in [0.2, 0.25) is 0 Å². The number of nitrogens with zero attached hydrogens (tertiary/aromatic N) is 2. The van der Waals surface area contributed by atoms with E-state index in [1.807, 2.05) is 0 Å². The van der Waals surface area contributed by atoms with Crippen LogP contribution >= 0.6 is 0 Å². The van der Waals surface area contributed by atoms with E-state index in [0.717, 1.165) is 25.2 Å². The molecule has 2 saturated carbocycles. The Bertz CT molecular complexity index is 303. The van der Waals surface area contributed by atoms with Crippen molar-refractivity contribution >= 4 is 0 Å². The molecule has 0 saturated heterocycles. The van der Waals surface area contributed by atoms with E-state index < -0.39 is 0 Å². The fraction of sp³-hybridized carbons (Fsp3) is 0.929. The molecule has 17 heavy (non-hydrogen) atoms. The number of nitrogens with one attached hydrogen (secondary N) is 1. The standard InChI is InChI=1S/C14H25N3/c1-11(2)16-14(10-15)7-6-13(8-14)17(3)9-12-4-5-12/h11-13,16H,4-9H2,1-3H3. The third-order valence-corrected chi connectivity index (χ3v) is 4.13. The molecular formula is C14H25N3. The van der Waals surface area contributed by atoms with Gasteiger partial charge in [-0.15, -0.1) is 0 Å². The van der Waals surface area contributed by atoms with Crippen molar-refractivity contribution in [2.75, 3.05) is 13.6 Å². The molecule has 0 bridgehead atoms. The topological polar surface area (TPSA) is 39.1 Å². The molecule has 1 N–H and O–H groups in total. The van der Waals surface area contributed by atoms with E-state index in [4.69, 9.17) is 0 Å². The molecule has 2 rings (SSSR count). The Hall–Kier alpha value is -0.590. The molecule has 0 amide bonds. The minimum absolute atomic E-state index is 0.267. The SMILES string of the molecule is CC(C)NC1(C#N)CCC(N(C)CC2CC2)C1. The summed E-state index contributed by atoms with van der Waals surface area (Å²) < 4.78 is 0. The highest BCUT2D eigenvalue weighted by atomic mass is 15.2. The molecule has 0 aromatic carbocycles. The normalized spacial score (nSPS) is 33.3. The number of hydrogen-bond donors (Lipinski definition) is 1. The first kappa shape index (κ1) is 12.9. The fourth-order valence-electron chi connectivity index (χ4n) is 3.07. The third kappa shape index (κ3) is 3.20. The van der Waals surface area contributed by atoms with Crippen molar-refractivity contribution < 1.29 is 0 Å². The smallest absolute Gasteiger partial charge is 0.108 e. The zero-order chi connectivity index (χ0) is 12.5. The highest BCUT2D eigenvalue weighted by Gasteiger charge is 2.41. The maximum absolute atomic E-state index is 9.43. The van der Waals surface area contributed by atoms with Gasteiger partial charge in [-0.25, -0.2) is 0 Å². The minimum atomic E-state index is -0.267. The molecule has 3 nitrogen and oxygen atoms in total. The van der Waals surface area contributed by atoms with Gasteiger partial charge in [0.15, 0.2) is 0 Å². The van der Waals surface area contributed by atoms with Gasteiger partial charge < -0.3 is 4.90 Å². The van der Waals surface area contributed by atoms with Gasteiger partial charge in [0.05, 0.1) is 6.07 Å². The molecule has 0 radical (unpaired) electrons. The molecule has 0 aromatic rings. The van der Waals surface area contributed by atoms with Crippen LogP contribution < -0.4 is 5.32 Å². The van der Waals surface area contributed by atoms with Crippen molar-refractivity contribution in [3.8, 4) is 6.07 Å². The van der Waals surface area contributed by atoms with Gasteiger partial charge >= 0.3 is 0 Å². The van der Waals surface area contributed by atoms with Gasteiger partial charge in [0.1, 0.15) is 5.54 Å². The second-order valence-electron chi connectivity index (χ2n) is 6.27. The Morgan fingerprint density at radius 3 is 2.65 bits per heavy atom. The van der Waals surface area contributed by atoms with E-state index in [1.165, 1.54) is 19.4 Å². The summed E-state index contributed by atoms with van der Waals surface area (Å²) in [4.78, 5) is 2.48. The first-order valence-corrected chi connectivity index (χ1v) is 6.94. The van der Waals surface area contributed by atoms with Crippen LogP contribution in [0.25, 0.3) is 0 Å². The van der Waals surface area contributed by atoms with Crippen LogP contribution in [0.3, 0.4) is 0 Å². The Balaban J connectivity index is 1.89. The number of hydrogen-bond acceptors (Lipinski definition) is 3. The number of rotatable bonds is 5. The van der Waals surface area contributed by atoms with Crippen LogP contribution in [0.15, 0.2) is 0 Å². The van der Waals surface area contributed by atoms with Crippen LogP contribution in [0.4, 0.5) is 0 Å². The first-order valence-electron chi connectivity index (χ1n) is 6.94. The van der Waals surface area contributed by atoms with Gasteiger partial charge in [-0.1, -0.05) is 0 Å². The summed E-state index contributed by atoms with van der Waals surface area (Å²) in [6.07, 6.45) is 5.97. The van der Waals surface area contributed by atoms with E-state index in [9.17, 15) is 5.26 Å². The summed E-state index contributed by atoms with van der Waals surface area (Å²) >= 11 is 0. The zero-order valence-corrected chi connectivity index (χ0v) is 11.4. The Labute approximate surface area is 105 Å². The van der Waals surface area contributed by atoms with Crippen molar-refractivity contribution in [2.24, 2.45) is 5.92 Å². The Morgan fingerprint density at radius 1 is 1.41 bits per heavy atom. The maximum atomic E-state index is 9.43. The van der Waals surface area contributed by atoms with Crippen LogP contribution in [0.1, 0.15) is 46.0 Å². The zero-order valence-electron chi connectivity index (χ0n) is 11.4. The summed E-state index contributed by atoms with van der Waals surface area (Å²) in [7, 11) is 2.23. The highest BCUT2D eigenvalue weighted by Crippen LogP contribution is 2.35. The molecule has 0 heterocycles. The second-order valence-corrected chi connectivity index (χ2v) is 6.27. The van der Waals surface area contributed by atoms with Crippen LogP contribution in [0, 0.1) is 17.2 Å². The van der Waals surface area contributed by atoms with Gasteiger partial charge in [0, 0.05) is 18.6 Å². The van der Waals surface area contributed by atoms with Crippen molar-refractivity contribution in [2.45, 2.75) is 63.6 Å². The predicted octanol–water partition coefficient (Wildman–Crippen LogP) is 2.14. The maximum Gasteiger partial charge on any atom is 0.108 e. The molecule has 3 heteroatoms. The van der Waals surface area contributed by atoms with Gasteiger partial charge in [-0.05, 0) is 58.9 Å². The van der Waals surface area contributed by atoms with Crippen molar-refractivity contribution in [1.29, 1.82) is 5.26 Å². The summed E-state index contributed by atoms with van der Waals surface area (Å²) in [6, 6.07) is 3.51. The highest BCUT2D eigenvalue weighted by molar-refractivity contribution is 5.13. The fourth-order valence-corrected chi connectivity index (χ4v) is 3.07. The summed E-state index contributed by atoms with van der Waals surface area (Å²) in [6.45, 7) is 5.48. The lowest BCUT2D eigenvalue weighted by Gasteiger charge is -2.28. The largest absolute Gasteiger partial charge is 0.303 e. The summed E-state index contributed by atoms with van der Waals surface area (Å²) in [5.41, 5.74) is -0.267. The Morgan fingerprint density at radius 2 is 2.12 bits per heavy atom. The number of nitriles is 1. The van der Waals surface area contributed by atoms with Gasteiger partial charge in [-0.3, -0.25) is 5.32 Å². The van der Waals surface area contributed by atoms with Crippen LogP contribution in [0.5, 0.6) is 0 Å². The second kappa shape index (κ2) is 4.96. The average molecular weight is 235 g/mol. The summed E-state index contributed by atoms with van der Waals surface area (Å²) in [5, 5.41) is 12.9. The van der Waals surface area contributed by atoms with Crippen LogP contribution in [-0.2, 0) is 0 Å². The van der Waals surface area contributed by atoms with Gasteiger partial charge in [0.2, 0.25) is 0 Å². The molecule has 0 spiro atoms. The third-order valence-electron chi connectivity index (χ3n) is 4.13. The van der Waals surface area contributed by atoms with Crippen molar-refractivity contribution in [3.63, 3.8) is 0 Å². The molecule has 2 unspecified atom stereocenters. The van der Waals surface area contributed by atoms with E-state index in [-0.39, 0.29) is 5.54 Å². The molecule has 0 aliphatic heterocycles. The summed E-state index contributed by atoms with van der Waals surface area (Å²) in [5.74, 6) is 0.940. The molecule has 2 fully saturated rings. The average Bonchev–Trinajstić information content (AvgIpc) is 2.97. The minimum Gasteiger partial charge on any atom is -0.303 e. The molecule has 0 aromatic heterocycles. The monoisotopic (exact) mass is 235 g/mol. The van der Waals surface area contributed by atoms with E-state index in [0.29, 0.717) is 12.1 Å². The van der Waals surface area contributed by atoms with Gasteiger partial charge in [0.25, 0.3) is 0 Å².